The van der Waals surface area contributed by atoms with Gasteiger partial charge in [0, 0.05) is 12.2 Å². The topological polar surface area (TPSA) is 35.5 Å². The van der Waals surface area contributed by atoms with Crippen LogP contribution in [0.1, 0.15) is 35.7 Å². The van der Waals surface area contributed by atoms with Gasteiger partial charge in [-0.05, 0) is 19.4 Å². The van der Waals surface area contributed by atoms with Crippen LogP contribution < -0.4 is 0 Å². The van der Waals surface area contributed by atoms with Crippen LogP contribution in [0.15, 0.2) is 24.3 Å². The first-order valence-corrected chi connectivity index (χ1v) is 6.49. The number of ether oxygens (including phenoxy) is 2. The van der Waals surface area contributed by atoms with E-state index < -0.39 is 0 Å². The van der Waals surface area contributed by atoms with E-state index in [9.17, 15) is 4.79 Å². The molecule has 100 valence electrons. The van der Waals surface area contributed by atoms with Gasteiger partial charge in [-0.3, -0.25) is 4.79 Å². The van der Waals surface area contributed by atoms with Crippen LogP contribution in [0.4, 0.5) is 0 Å². The molecule has 1 aromatic carbocycles. The number of Topliss-reactive ketones (excluding diaryl/α,β-unsaturated/α-hetero) is 1. The third-order valence-electron chi connectivity index (χ3n) is 2.59. The maximum Gasteiger partial charge on any atom is 0.188 e. The molecule has 0 aliphatic rings. The van der Waals surface area contributed by atoms with Crippen molar-refractivity contribution in [3.63, 3.8) is 0 Å². The number of rotatable bonds is 9. The van der Waals surface area contributed by atoms with Crippen molar-refractivity contribution in [3.8, 4) is 0 Å². The summed E-state index contributed by atoms with van der Waals surface area (Å²) in [6.45, 7) is 6.02. The van der Waals surface area contributed by atoms with Gasteiger partial charge in [0.05, 0.1) is 13.2 Å². The van der Waals surface area contributed by atoms with Gasteiger partial charge in [-0.2, -0.15) is 0 Å². The van der Waals surface area contributed by atoms with E-state index in [1.165, 1.54) is 0 Å². The van der Waals surface area contributed by atoms with Gasteiger partial charge in [-0.15, -0.1) is 0 Å². The first-order chi connectivity index (χ1) is 8.74. The molecule has 18 heavy (non-hydrogen) atoms. The predicted octanol–water partition coefficient (Wildman–Crippen LogP) is 3.01. The lowest BCUT2D eigenvalue weighted by molar-refractivity contribution is 0.0432. The number of carbonyl (C=O) groups excluding carboxylic acids is 1. The molecule has 0 fully saturated rings. The van der Waals surface area contributed by atoms with Gasteiger partial charge in [0.25, 0.3) is 0 Å². The molecule has 0 heterocycles. The Balaban J connectivity index is 2.14. The summed E-state index contributed by atoms with van der Waals surface area (Å²) >= 11 is 0. The number of carbonyl (C=O) groups is 1. The Labute approximate surface area is 109 Å². The fourth-order valence-electron chi connectivity index (χ4n) is 1.53. The van der Waals surface area contributed by atoms with Crippen molar-refractivity contribution in [2.45, 2.75) is 26.7 Å². The molecule has 3 nitrogen and oxygen atoms in total. The van der Waals surface area contributed by atoms with Gasteiger partial charge in [-0.25, -0.2) is 0 Å². The fraction of sp³-hybridized carbons (Fsp3) is 0.533. The maximum absolute atomic E-state index is 11.8. The molecule has 0 unspecified atom stereocenters. The summed E-state index contributed by atoms with van der Waals surface area (Å²) in [5.41, 5.74) is 1.80. The Morgan fingerprint density at radius 3 is 2.67 bits per heavy atom. The SMILES string of the molecule is CCCCOCCOCC(=O)c1cccc(C)c1. The lowest BCUT2D eigenvalue weighted by Crippen LogP contribution is -2.13. The zero-order chi connectivity index (χ0) is 13.2. The van der Waals surface area contributed by atoms with Crippen molar-refractivity contribution < 1.29 is 14.3 Å². The molecule has 0 N–H and O–H groups in total. The minimum atomic E-state index is 0.0206. The van der Waals surface area contributed by atoms with Crippen molar-refractivity contribution in [2.24, 2.45) is 0 Å². The zero-order valence-electron chi connectivity index (χ0n) is 11.3. The van der Waals surface area contributed by atoms with E-state index in [0.29, 0.717) is 18.8 Å². The second-order valence-electron chi connectivity index (χ2n) is 4.31. The number of ketones is 1. The second-order valence-corrected chi connectivity index (χ2v) is 4.31. The van der Waals surface area contributed by atoms with Crippen molar-refractivity contribution in [3.05, 3.63) is 35.4 Å². The van der Waals surface area contributed by atoms with Crippen LogP contribution in [0.2, 0.25) is 0 Å². The molecule has 0 atom stereocenters. The molecule has 0 aliphatic carbocycles. The predicted molar refractivity (Wildman–Crippen MR) is 72.1 cm³/mol. The van der Waals surface area contributed by atoms with E-state index >= 15 is 0 Å². The van der Waals surface area contributed by atoms with Crippen molar-refractivity contribution in [1.82, 2.24) is 0 Å². The van der Waals surface area contributed by atoms with Crippen LogP contribution in [0, 0.1) is 6.92 Å². The van der Waals surface area contributed by atoms with E-state index in [1.54, 1.807) is 0 Å². The number of benzene rings is 1. The minimum Gasteiger partial charge on any atom is -0.379 e. The van der Waals surface area contributed by atoms with Gasteiger partial charge >= 0.3 is 0 Å². The van der Waals surface area contributed by atoms with E-state index in [0.717, 1.165) is 25.0 Å². The Kier molecular flexibility index (Phi) is 7.30. The number of hydrogen-bond acceptors (Lipinski definition) is 3. The zero-order valence-corrected chi connectivity index (χ0v) is 11.3. The highest BCUT2D eigenvalue weighted by molar-refractivity contribution is 5.97. The molecule has 0 aliphatic heterocycles. The van der Waals surface area contributed by atoms with E-state index in [1.807, 2.05) is 31.2 Å². The standard InChI is InChI=1S/C15H22O3/c1-3-4-8-17-9-10-18-12-15(16)14-7-5-6-13(2)11-14/h5-7,11H,3-4,8-10,12H2,1-2H3. The molecule has 3 heteroatoms. The molecule has 0 aromatic heterocycles. The number of unbranched alkanes of at least 4 members (excludes halogenated alkanes) is 1. The van der Waals surface area contributed by atoms with Crippen molar-refractivity contribution >= 4 is 5.78 Å². The normalized spacial score (nSPS) is 10.6. The fourth-order valence-corrected chi connectivity index (χ4v) is 1.53. The first kappa shape index (κ1) is 14.9. The van der Waals surface area contributed by atoms with Crippen LogP contribution >= 0.6 is 0 Å². The molecule has 0 bridgehead atoms. The minimum absolute atomic E-state index is 0.0206. The quantitative estimate of drug-likeness (QED) is 0.499. The molecule has 0 radical (unpaired) electrons. The largest absolute Gasteiger partial charge is 0.379 e. The summed E-state index contributed by atoms with van der Waals surface area (Å²) in [6, 6.07) is 7.55. The van der Waals surface area contributed by atoms with Gasteiger partial charge in [0.15, 0.2) is 5.78 Å². The van der Waals surface area contributed by atoms with Gasteiger partial charge in [0.2, 0.25) is 0 Å². The van der Waals surface area contributed by atoms with Crippen LogP contribution in [0.5, 0.6) is 0 Å². The lowest BCUT2D eigenvalue weighted by Gasteiger charge is -2.05. The highest BCUT2D eigenvalue weighted by atomic mass is 16.5. The third-order valence-corrected chi connectivity index (χ3v) is 2.59. The van der Waals surface area contributed by atoms with Crippen LogP contribution in [-0.4, -0.2) is 32.2 Å². The molecule has 1 aromatic rings. The Bertz CT molecular complexity index is 361. The number of hydrogen-bond donors (Lipinski definition) is 0. The summed E-state index contributed by atoms with van der Waals surface area (Å²) in [4.78, 5) is 11.8. The molecule has 0 amide bonds. The molecule has 0 saturated carbocycles. The van der Waals surface area contributed by atoms with E-state index in [2.05, 4.69) is 6.92 Å². The highest BCUT2D eigenvalue weighted by Gasteiger charge is 2.05. The summed E-state index contributed by atoms with van der Waals surface area (Å²) in [5.74, 6) is 0.0206. The van der Waals surface area contributed by atoms with Crippen molar-refractivity contribution in [2.75, 3.05) is 26.4 Å². The molecule has 0 spiro atoms. The maximum atomic E-state index is 11.8. The van der Waals surface area contributed by atoms with Crippen LogP contribution in [0.3, 0.4) is 0 Å². The summed E-state index contributed by atoms with van der Waals surface area (Å²) in [6.07, 6.45) is 2.20. The Hall–Kier alpha value is -1.19. The average molecular weight is 250 g/mol. The summed E-state index contributed by atoms with van der Waals surface area (Å²) < 4.78 is 10.6. The molecular formula is C15H22O3. The summed E-state index contributed by atoms with van der Waals surface area (Å²) in [7, 11) is 0. The second kappa shape index (κ2) is 8.84. The third kappa shape index (κ3) is 5.94. The van der Waals surface area contributed by atoms with Gasteiger partial charge < -0.3 is 9.47 Å². The highest BCUT2D eigenvalue weighted by Crippen LogP contribution is 2.04. The Morgan fingerprint density at radius 1 is 1.17 bits per heavy atom. The lowest BCUT2D eigenvalue weighted by atomic mass is 10.1. The molecular weight excluding hydrogens is 228 g/mol. The molecule has 1 rings (SSSR count). The first-order valence-electron chi connectivity index (χ1n) is 6.49. The van der Waals surface area contributed by atoms with Gasteiger partial charge in [-0.1, -0.05) is 37.1 Å². The summed E-state index contributed by atoms with van der Waals surface area (Å²) in [5, 5.41) is 0. The van der Waals surface area contributed by atoms with E-state index in [4.69, 9.17) is 9.47 Å². The average Bonchev–Trinajstić information content (AvgIpc) is 2.37. The molecule has 0 saturated heterocycles. The van der Waals surface area contributed by atoms with Crippen LogP contribution in [-0.2, 0) is 9.47 Å². The van der Waals surface area contributed by atoms with E-state index in [-0.39, 0.29) is 12.4 Å². The monoisotopic (exact) mass is 250 g/mol. The number of aryl methyl sites for hydroxylation is 1. The smallest absolute Gasteiger partial charge is 0.188 e. The van der Waals surface area contributed by atoms with Crippen LogP contribution in [0.25, 0.3) is 0 Å². The van der Waals surface area contributed by atoms with Crippen molar-refractivity contribution in [1.29, 1.82) is 0 Å². The van der Waals surface area contributed by atoms with Gasteiger partial charge in [0.1, 0.15) is 6.61 Å². The Morgan fingerprint density at radius 2 is 1.94 bits per heavy atom.